The summed E-state index contributed by atoms with van der Waals surface area (Å²) in [4.78, 5) is 0.282. The fraction of sp³-hybridized carbons (Fsp3) is 0.571. The molecule has 0 bridgehead atoms. The maximum Gasteiger partial charge on any atom is 0.241 e. The van der Waals surface area contributed by atoms with Crippen LogP contribution in [0.1, 0.15) is 44.1 Å². The minimum Gasteiger partial charge on any atom is -0.326 e. The number of halogens is 1. The number of hydrogen-bond acceptors (Lipinski definition) is 3. The van der Waals surface area contributed by atoms with Gasteiger partial charge in [-0.15, -0.1) is 0 Å². The maximum atomic E-state index is 12.5. The second-order valence-electron chi connectivity index (χ2n) is 5.28. The van der Waals surface area contributed by atoms with Crippen LogP contribution in [0.5, 0.6) is 0 Å². The molecule has 0 aromatic heterocycles. The third-order valence-corrected chi connectivity index (χ3v) is 6.21. The van der Waals surface area contributed by atoms with Crippen LogP contribution in [-0.2, 0) is 16.6 Å². The van der Waals surface area contributed by atoms with Crippen molar-refractivity contribution in [2.24, 2.45) is 5.73 Å². The minimum atomic E-state index is -3.49. The van der Waals surface area contributed by atoms with Crippen LogP contribution >= 0.6 is 15.9 Å². The summed E-state index contributed by atoms with van der Waals surface area (Å²) in [7, 11) is -3.49. The van der Waals surface area contributed by atoms with Gasteiger partial charge in [0.25, 0.3) is 0 Å². The van der Waals surface area contributed by atoms with Crippen molar-refractivity contribution in [1.82, 2.24) is 4.72 Å². The first-order chi connectivity index (χ1) is 9.53. The first kappa shape index (κ1) is 15.9. The molecule has 2 rings (SSSR count). The van der Waals surface area contributed by atoms with Crippen LogP contribution < -0.4 is 10.5 Å². The van der Waals surface area contributed by atoms with Crippen LogP contribution in [0.15, 0.2) is 27.6 Å². The predicted octanol–water partition coefficient (Wildman–Crippen LogP) is 2.91. The van der Waals surface area contributed by atoms with Gasteiger partial charge >= 0.3 is 0 Å². The van der Waals surface area contributed by atoms with Crippen molar-refractivity contribution >= 4 is 26.0 Å². The highest BCUT2D eigenvalue weighted by Gasteiger charge is 2.23. The lowest BCUT2D eigenvalue weighted by Crippen LogP contribution is -2.34. The number of nitrogens with two attached hydrogens (primary N) is 1. The lowest BCUT2D eigenvalue weighted by atomic mass is 10.1. The molecule has 0 spiro atoms. The van der Waals surface area contributed by atoms with Gasteiger partial charge in [0.15, 0.2) is 0 Å². The molecule has 0 saturated heterocycles. The Morgan fingerprint density at radius 3 is 2.45 bits per heavy atom. The van der Waals surface area contributed by atoms with Gasteiger partial charge in [-0.1, -0.05) is 31.7 Å². The molecule has 1 aromatic carbocycles. The van der Waals surface area contributed by atoms with E-state index in [1.54, 1.807) is 12.1 Å². The topological polar surface area (TPSA) is 72.2 Å². The van der Waals surface area contributed by atoms with Gasteiger partial charge in [0.05, 0.1) is 4.90 Å². The van der Waals surface area contributed by atoms with Crippen LogP contribution in [0.2, 0.25) is 0 Å². The highest BCUT2D eigenvalue weighted by molar-refractivity contribution is 9.10. The second-order valence-corrected chi connectivity index (χ2v) is 7.82. The molecule has 1 aliphatic rings. The molecule has 20 heavy (non-hydrogen) atoms. The van der Waals surface area contributed by atoms with Crippen molar-refractivity contribution in [3.8, 4) is 0 Å². The van der Waals surface area contributed by atoms with Crippen molar-refractivity contribution < 1.29 is 8.42 Å². The number of rotatable bonds is 4. The van der Waals surface area contributed by atoms with Crippen molar-refractivity contribution in [3.05, 3.63) is 28.2 Å². The van der Waals surface area contributed by atoms with Gasteiger partial charge in [-0.2, -0.15) is 0 Å². The lowest BCUT2D eigenvalue weighted by Gasteiger charge is -2.17. The van der Waals surface area contributed by atoms with E-state index in [-0.39, 0.29) is 10.9 Å². The van der Waals surface area contributed by atoms with Crippen LogP contribution in [0.4, 0.5) is 0 Å². The molecule has 1 aromatic rings. The monoisotopic (exact) mass is 360 g/mol. The van der Waals surface area contributed by atoms with E-state index in [2.05, 4.69) is 20.7 Å². The average molecular weight is 361 g/mol. The summed E-state index contributed by atoms with van der Waals surface area (Å²) in [5.74, 6) is 0. The molecule has 0 heterocycles. The zero-order chi connectivity index (χ0) is 14.6. The van der Waals surface area contributed by atoms with Crippen molar-refractivity contribution in [2.45, 2.75) is 56.0 Å². The quantitative estimate of drug-likeness (QED) is 0.810. The van der Waals surface area contributed by atoms with E-state index in [4.69, 9.17) is 5.73 Å². The molecule has 112 valence electrons. The largest absolute Gasteiger partial charge is 0.326 e. The SMILES string of the molecule is NCc1ccc(Br)c(S(=O)(=O)NC2CCCCCC2)c1. The van der Waals surface area contributed by atoms with E-state index < -0.39 is 10.0 Å². The number of benzene rings is 1. The van der Waals surface area contributed by atoms with Crippen molar-refractivity contribution in [3.63, 3.8) is 0 Å². The smallest absolute Gasteiger partial charge is 0.241 e. The molecule has 1 fully saturated rings. The van der Waals surface area contributed by atoms with E-state index in [0.717, 1.165) is 31.2 Å². The third-order valence-electron chi connectivity index (χ3n) is 3.70. The van der Waals surface area contributed by atoms with Gasteiger partial charge in [0.2, 0.25) is 10.0 Å². The molecular weight excluding hydrogens is 340 g/mol. The highest BCUT2D eigenvalue weighted by atomic mass is 79.9. The molecule has 3 N–H and O–H groups in total. The Bertz CT molecular complexity index is 552. The second kappa shape index (κ2) is 7.02. The Morgan fingerprint density at radius 1 is 1.20 bits per heavy atom. The summed E-state index contributed by atoms with van der Waals surface area (Å²) in [5.41, 5.74) is 6.40. The van der Waals surface area contributed by atoms with E-state index >= 15 is 0 Å². The zero-order valence-electron chi connectivity index (χ0n) is 11.4. The van der Waals surface area contributed by atoms with Gasteiger partial charge in [0.1, 0.15) is 0 Å². The summed E-state index contributed by atoms with van der Waals surface area (Å²) in [6.07, 6.45) is 6.43. The minimum absolute atomic E-state index is 0.0518. The molecule has 1 aliphatic carbocycles. The van der Waals surface area contributed by atoms with Crippen LogP contribution in [-0.4, -0.2) is 14.5 Å². The Labute approximate surface area is 129 Å². The Kier molecular flexibility index (Phi) is 5.60. The fourth-order valence-electron chi connectivity index (χ4n) is 2.56. The first-order valence-electron chi connectivity index (χ1n) is 7.04. The average Bonchev–Trinajstić information content (AvgIpc) is 2.67. The molecule has 0 radical (unpaired) electrons. The summed E-state index contributed by atoms with van der Waals surface area (Å²) in [6, 6.07) is 5.26. The van der Waals surface area contributed by atoms with Gasteiger partial charge in [-0.3, -0.25) is 0 Å². The molecule has 1 saturated carbocycles. The number of nitrogens with one attached hydrogen (secondary N) is 1. The molecule has 0 atom stereocenters. The van der Waals surface area contributed by atoms with Gasteiger partial charge in [-0.25, -0.2) is 13.1 Å². The Balaban J connectivity index is 2.21. The van der Waals surface area contributed by atoms with E-state index in [0.29, 0.717) is 11.0 Å². The van der Waals surface area contributed by atoms with E-state index in [9.17, 15) is 8.42 Å². The molecule has 0 amide bonds. The summed E-state index contributed by atoms with van der Waals surface area (Å²) in [6.45, 7) is 0.333. The van der Waals surface area contributed by atoms with Crippen molar-refractivity contribution in [2.75, 3.05) is 0 Å². The van der Waals surface area contributed by atoms with Crippen LogP contribution in [0, 0.1) is 0 Å². The zero-order valence-corrected chi connectivity index (χ0v) is 13.8. The Hall–Kier alpha value is -0.430. The molecule has 6 heteroatoms. The summed E-state index contributed by atoms with van der Waals surface area (Å²) in [5, 5.41) is 0. The first-order valence-corrected chi connectivity index (χ1v) is 9.31. The summed E-state index contributed by atoms with van der Waals surface area (Å²) >= 11 is 3.32. The maximum absolute atomic E-state index is 12.5. The predicted molar refractivity (Wildman–Crippen MR) is 83.8 cm³/mol. The van der Waals surface area contributed by atoms with Gasteiger partial charge < -0.3 is 5.73 Å². The van der Waals surface area contributed by atoms with E-state index in [1.165, 1.54) is 12.8 Å². The third kappa shape index (κ3) is 4.04. The highest BCUT2D eigenvalue weighted by Crippen LogP contribution is 2.25. The number of hydrogen-bond donors (Lipinski definition) is 2. The fourth-order valence-corrected chi connectivity index (χ4v) is 4.88. The van der Waals surface area contributed by atoms with E-state index in [1.807, 2.05) is 6.07 Å². The van der Waals surface area contributed by atoms with Crippen LogP contribution in [0.25, 0.3) is 0 Å². The molecular formula is C14H21BrN2O2S. The standard InChI is InChI=1S/C14H21BrN2O2S/c15-13-8-7-11(10-16)9-14(13)20(18,19)17-12-5-3-1-2-4-6-12/h7-9,12,17H,1-6,10,16H2. The molecule has 4 nitrogen and oxygen atoms in total. The molecule has 0 unspecified atom stereocenters. The summed E-state index contributed by atoms with van der Waals surface area (Å²) < 4.78 is 28.5. The Morgan fingerprint density at radius 2 is 1.85 bits per heavy atom. The lowest BCUT2D eigenvalue weighted by molar-refractivity contribution is 0.509. The molecule has 0 aliphatic heterocycles. The van der Waals surface area contributed by atoms with Gasteiger partial charge in [0, 0.05) is 17.1 Å². The normalized spacial score (nSPS) is 17.9. The van der Waals surface area contributed by atoms with Crippen LogP contribution in [0.3, 0.4) is 0 Å². The number of sulfonamides is 1. The van der Waals surface area contributed by atoms with Gasteiger partial charge in [-0.05, 0) is 46.5 Å². The van der Waals surface area contributed by atoms with Crippen molar-refractivity contribution in [1.29, 1.82) is 0 Å².